The zero-order valence-electron chi connectivity index (χ0n) is 12.9. The van der Waals surface area contributed by atoms with Crippen LogP contribution in [0.2, 0.25) is 0 Å². The predicted octanol–water partition coefficient (Wildman–Crippen LogP) is 4.69. The molecule has 4 nitrogen and oxygen atoms in total. The van der Waals surface area contributed by atoms with Crippen molar-refractivity contribution in [3.8, 4) is 0 Å². The van der Waals surface area contributed by atoms with Crippen molar-refractivity contribution in [3.63, 3.8) is 0 Å². The molecular formula is C20H16N2O2. The normalized spacial score (nSPS) is 9.83. The number of anilines is 1. The molecule has 0 aliphatic rings. The Hall–Kier alpha value is -3.40. The first kappa shape index (κ1) is 15.5. The van der Waals surface area contributed by atoms with Gasteiger partial charge in [0.25, 0.3) is 0 Å². The van der Waals surface area contributed by atoms with E-state index in [-0.39, 0.29) is 0 Å². The molecule has 0 spiro atoms. The van der Waals surface area contributed by atoms with E-state index in [9.17, 15) is 4.79 Å². The van der Waals surface area contributed by atoms with Crippen molar-refractivity contribution in [1.82, 2.24) is 0 Å². The molecule has 0 aliphatic carbocycles. The summed E-state index contributed by atoms with van der Waals surface area (Å²) < 4.78 is 0. The SMILES string of the molecule is O=C(Nc1ccccc1)ON=C(c1ccccc1)c1ccccc1. The van der Waals surface area contributed by atoms with Gasteiger partial charge in [0.05, 0.1) is 0 Å². The number of para-hydroxylation sites is 1. The van der Waals surface area contributed by atoms with E-state index in [1.165, 1.54) is 0 Å². The Morgan fingerprint density at radius 1 is 0.708 bits per heavy atom. The van der Waals surface area contributed by atoms with Crippen LogP contribution in [0.1, 0.15) is 11.1 Å². The second kappa shape index (κ2) is 7.74. The van der Waals surface area contributed by atoms with E-state index in [0.29, 0.717) is 11.4 Å². The molecule has 3 aromatic carbocycles. The maximum absolute atomic E-state index is 11.9. The summed E-state index contributed by atoms with van der Waals surface area (Å²) in [6.07, 6.45) is -0.634. The van der Waals surface area contributed by atoms with Gasteiger partial charge >= 0.3 is 6.09 Å². The Balaban J connectivity index is 1.81. The number of nitrogens with zero attached hydrogens (tertiary/aromatic N) is 1. The molecule has 0 fully saturated rings. The number of hydrogen-bond acceptors (Lipinski definition) is 3. The third kappa shape index (κ3) is 4.08. The number of carbonyl (C=O) groups is 1. The third-order valence-corrected chi connectivity index (χ3v) is 3.33. The monoisotopic (exact) mass is 316 g/mol. The van der Waals surface area contributed by atoms with Crippen LogP contribution in [-0.4, -0.2) is 11.8 Å². The molecule has 0 aromatic heterocycles. The van der Waals surface area contributed by atoms with E-state index in [2.05, 4.69) is 10.5 Å². The maximum Gasteiger partial charge on any atom is 0.437 e. The number of benzene rings is 3. The van der Waals surface area contributed by atoms with Crippen molar-refractivity contribution in [2.75, 3.05) is 5.32 Å². The topological polar surface area (TPSA) is 50.7 Å². The Labute approximate surface area is 140 Å². The molecule has 118 valence electrons. The fraction of sp³-hybridized carbons (Fsp3) is 0. The van der Waals surface area contributed by atoms with E-state index in [0.717, 1.165) is 11.1 Å². The van der Waals surface area contributed by atoms with Gasteiger partial charge in [0.2, 0.25) is 0 Å². The first-order valence-electron chi connectivity index (χ1n) is 7.55. The second-order valence-corrected chi connectivity index (χ2v) is 5.04. The van der Waals surface area contributed by atoms with Crippen molar-refractivity contribution in [2.24, 2.45) is 5.16 Å². The summed E-state index contributed by atoms with van der Waals surface area (Å²) in [4.78, 5) is 17.0. The molecule has 0 aliphatic heterocycles. The summed E-state index contributed by atoms with van der Waals surface area (Å²) in [5.41, 5.74) is 2.99. The van der Waals surface area contributed by atoms with Gasteiger partial charge < -0.3 is 0 Å². The Bertz CT molecular complexity index is 775. The number of nitrogens with one attached hydrogen (secondary N) is 1. The summed E-state index contributed by atoms with van der Waals surface area (Å²) in [5, 5.41) is 6.70. The van der Waals surface area contributed by atoms with Crippen LogP contribution in [0.25, 0.3) is 0 Å². The Morgan fingerprint density at radius 2 is 1.17 bits per heavy atom. The molecule has 4 heteroatoms. The highest BCUT2D eigenvalue weighted by Gasteiger charge is 2.09. The lowest BCUT2D eigenvalue weighted by Gasteiger charge is -2.07. The fourth-order valence-electron chi connectivity index (χ4n) is 2.21. The van der Waals surface area contributed by atoms with Crippen molar-refractivity contribution in [1.29, 1.82) is 0 Å². The number of rotatable bonds is 4. The van der Waals surface area contributed by atoms with E-state index >= 15 is 0 Å². The van der Waals surface area contributed by atoms with Gasteiger partial charge in [-0.3, -0.25) is 10.2 Å². The van der Waals surface area contributed by atoms with Crippen LogP contribution in [0.4, 0.5) is 10.5 Å². The van der Waals surface area contributed by atoms with Gasteiger partial charge in [0.1, 0.15) is 5.71 Å². The summed E-state index contributed by atoms with van der Waals surface area (Å²) in [6, 6.07) is 28.3. The van der Waals surface area contributed by atoms with Crippen LogP contribution in [0.15, 0.2) is 96.2 Å². The largest absolute Gasteiger partial charge is 0.437 e. The smallest absolute Gasteiger partial charge is 0.297 e. The highest BCUT2D eigenvalue weighted by atomic mass is 16.7. The first-order valence-corrected chi connectivity index (χ1v) is 7.55. The van der Waals surface area contributed by atoms with Crippen LogP contribution in [-0.2, 0) is 4.84 Å². The van der Waals surface area contributed by atoms with Gasteiger partial charge in [-0.25, -0.2) is 4.79 Å². The van der Waals surface area contributed by atoms with Crippen molar-refractivity contribution in [3.05, 3.63) is 102 Å². The van der Waals surface area contributed by atoms with E-state index in [1.807, 2.05) is 78.9 Å². The van der Waals surface area contributed by atoms with Gasteiger partial charge in [-0.15, -0.1) is 0 Å². The lowest BCUT2D eigenvalue weighted by atomic mass is 10.0. The van der Waals surface area contributed by atoms with Gasteiger partial charge in [0.15, 0.2) is 0 Å². The fourth-order valence-corrected chi connectivity index (χ4v) is 2.21. The van der Waals surface area contributed by atoms with E-state index in [4.69, 9.17) is 4.84 Å². The number of hydrogen-bond donors (Lipinski definition) is 1. The van der Waals surface area contributed by atoms with Crippen LogP contribution >= 0.6 is 0 Å². The highest BCUT2D eigenvalue weighted by Crippen LogP contribution is 2.12. The van der Waals surface area contributed by atoms with Gasteiger partial charge in [-0.1, -0.05) is 84.0 Å². The van der Waals surface area contributed by atoms with Crippen molar-refractivity contribution >= 4 is 17.5 Å². The quantitative estimate of drug-likeness (QED) is 0.431. The third-order valence-electron chi connectivity index (χ3n) is 3.33. The lowest BCUT2D eigenvalue weighted by molar-refractivity contribution is 0.166. The lowest BCUT2D eigenvalue weighted by Crippen LogP contribution is -2.13. The molecule has 0 radical (unpaired) electrons. The highest BCUT2D eigenvalue weighted by molar-refractivity contribution is 6.12. The Morgan fingerprint density at radius 3 is 1.67 bits per heavy atom. The molecule has 1 amide bonds. The number of carbonyl (C=O) groups excluding carboxylic acids is 1. The van der Waals surface area contributed by atoms with Crippen molar-refractivity contribution in [2.45, 2.75) is 0 Å². The van der Waals surface area contributed by atoms with Crippen LogP contribution < -0.4 is 5.32 Å². The summed E-state index contributed by atoms with van der Waals surface area (Å²) >= 11 is 0. The average Bonchev–Trinajstić information content (AvgIpc) is 2.64. The van der Waals surface area contributed by atoms with Gasteiger partial charge in [-0.05, 0) is 12.1 Å². The minimum absolute atomic E-state index is 0.597. The molecule has 0 unspecified atom stereocenters. The second-order valence-electron chi connectivity index (χ2n) is 5.04. The van der Waals surface area contributed by atoms with E-state index in [1.54, 1.807) is 12.1 Å². The molecule has 0 atom stereocenters. The molecule has 0 bridgehead atoms. The minimum atomic E-state index is -0.634. The number of oxime groups is 1. The van der Waals surface area contributed by atoms with Crippen LogP contribution in [0.5, 0.6) is 0 Å². The molecule has 1 N–H and O–H groups in total. The van der Waals surface area contributed by atoms with E-state index < -0.39 is 6.09 Å². The van der Waals surface area contributed by atoms with Gasteiger partial charge in [0, 0.05) is 16.8 Å². The molecule has 0 saturated carbocycles. The molecule has 0 heterocycles. The average molecular weight is 316 g/mol. The maximum atomic E-state index is 11.9. The van der Waals surface area contributed by atoms with Gasteiger partial charge in [-0.2, -0.15) is 0 Å². The standard InChI is InChI=1S/C20H16N2O2/c23-20(21-18-14-8-3-9-15-18)24-22-19(16-10-4-1-5-11-16)17-12-6-2-7-13-17/h1-15H,(H,21,23). The zero-order valence-corrected chi connectivity index (χ0v) is 12.9. The van der Waals surface area contributed by atoms with Crippen molar-refractivity contribution < 1.29 is 9.63 Å². The molecule has 0 saturated heterocycles. The summed E-state index contributed by atoms with van der Waals surface area (Å²) in [6.45, 7) is 0. The molecule has 3 aromatic rings. The Kier molecular flexibility index (Phi) is 5.00. The van der Waals surface area contributed by atoms with Crippen LogP contribution in [0.3, 0.4) is 0 Å². The minimum Gasteiger partial charge on any atom is -0.297 e. The molecule has 3 rings (SSSR count). The molecule has 24 heavy (non-hydrogen) atoms. The van der Waals surface area contributed by atoms with Crippen LogP contribution in [0, 0.1) is 0 Å². The summed E-state index contributed by atoms with van der Waals surface area (Å²) in [7, 11) is 0. The predicted molar refractivity (Wildman–Crippen MR) is 95.1 cm³/mol. The number of amides is 1. The zero-order chi connectivity index (χ0) is 16.6. The molecular weight excluding hydrogens is 300 g/mol. The first-order chi connectivity index (χ1) is 11.8. The summed E-state index contributed by atoms with van der Waals surface area (Å²) in [5.74, 6) is 0.